The van der Waals surface area contributed by atoms with Gasteiger partial charge in [-0.2, -0.15) is 0 Å². The van der Waals surface area contributed by atoms with Gasteiger partial charge in [-0.25, -0.2) is 4.79 Å². The van der Waals surface area contributed by atoms with Crippen molar-refractivity contribution in [2.45, 2.75) is 20.0 Å². The molecular weight excluding hydrogens is 437 g/mol. The molecule has 1 amide bonds. The largest absolute Gasteiger partial charge is 0.494 e. The number of hydrogen-bond acceptors (Lipinski definition) is 5. The van der Waals surface area contributed by atoms with E-state index in [9.17, 15) is 9.59 Å². The number of anilines is 1. The van der Waals surface area contributed by atoms with Crippen LogP contribution in [0.25, 0.3) is 6.08 Å². The molecule has 1 N–H and O–H groups in total. The first-order valence-electron chi connectivity index (χ1n) is 7.65. The lowest BCUT2D eigenvalue weighted by atomic mass is 10.3. The summed E-state index contributed by atoms with van der Waals surface area (Å²) in [5.74, 6) is 0.213. The van der Waals surface area contributed by atoms with E-state index in [4.69, 9.17) is 13.9 Å². The zero-order valence-electron chi connectivity index (χ0n) is 13.8. The van der Waals surface area contributed by atoms with Crippen LogP contribution in [0.15, 0.2) is 46.9 Å². The van der Waals surface area contributed by atoms with Crippen molar-refractivity contribution in [1.82, 2.24) is 0 Å². The van der Waals surface area contributed by atoms with Crippen LogP contribution in [0.5, 0.6) is 5.75 Å². The summed E-state index contributed by atoms with van der Waals surface area (Å²) in [5, 5.41) is 2.68. The molecule has 1 heterocycles. The average molecular weight is 455 g/mol. The van der Waals surface area contributed by atoms with Crippen LogP contribution < -0.4 is 10.1 Å². The number of amides is 1. The van der Waals surface area contributed by atoms with Gasteiger partial charge in [-0.15, -0.1) is 0 Å². The smallest absolute Gasteiger partial charge is 0.331 e. The van der Waals surface area contributed by atoms with Gasteiger partial charge < -0.3 is 19.2 Å². The Balaban J connectivity index is 1.84. The van der Waals surface area contributed by atoms with E-state index in [0.717, 1.165) is 5.75 Å². The first-order chi connectivity index (χ1) is 12.0. The molecule has 1 unspecified atom stereocenters. The topological polar surface area (TPSA) is 77.8 Å². The number of rotatable bonds is 7. The number of hydrogen-bond donors (Lipinski definition) is 1. The van der Waals surface area contributed by atoms with Crippen LogP contribution in [-0.4, -0.2) is 24.6 Å². The fraction of sp³-hybridized carbons (Fsp3) is 0.222. The van der Waals surface area contributed by atoms with Crippen LogP contribution in [0.2, 0.25) is 0 Å². The summed E-state index contributed by atoms with van der Waals surface area (Å²) in [6.45, 7) is 3.97. The first kappa shape index (κ1) is 19.0. The standard InChI is InChI=1S/C18H18INO5/c1-3-23-14-6-4-13(5-7-14)20-18(22)12(2)24-17(21)11-9-15-8-10-16(19)25-15/h4-12H,3H2,1-2H3,(H,20,22)/b11-9+. The maximum atomic E-state index is 12.1. The average Bonchev–Trinajstić information content (AvgIpc) is 3.00. The Kier molecular flexibility index (Phi) is 7.05. The number of esters is 1. The maximum absolute atomic E-state index is 12.1. The number of carbonyl (C=O) groups is 2. The first-order valence-corrected chi connectivity index (χ1v) is 8.73. The van der Waals surface area contributed by atoms with Gasteiger partial charge in [-0.1, -0.05) is 0 Å². The number of furan rings is 1. The minimum atomic E-state index is -0.930. The normalized spacial score (nSPS) is 12.0. The summed E-state index contributed by atoms with van der Waals surface area (Å²) in [4.78, 5) is 23.8. The van der Waals surface area contributed by atoms with E-state index in [1.54, 1.807) is 36.4 Å². The molecule has 2 rings (SSSR count). The number of nitrogens with one attached hydrogen (secondary N) is 1. The van der Waals surface area contributed by atoms with Crippen LogP contribution in [0.1, 0.15) is 19.6 Å². The molecule has 1 atom stereocenters. The summed E-state index contributed by atoms with van der Waals surface area (Å²) < 4.78 is 16.4. The maximum Gasteiger partial charge on any atom is 0.331 e. The van der Waals surface area contributed by atoms with Crippen molar-refractivity contribution in [1.29, 1.82) is 0 Å². The zero-order valence-corrected chi connectivity index (χ0v) is 16.0. The van der Waals surface area contributed by atoms with Gasteiger partial charge in [0.15, 0.2) is 9.87 Å². The molecular formula is C18H18INO5. The monoisotopic (exact) mass is 455 g/mol. The minimum Gasteiger partial charge on any atom is -0.494 e. The molecule has 0 saturated carbocycles. The van der Waals surface area contributed by atoms with E-state index in [1.165, 1.54) is 19.1 Å². The Morgan fingerprint density at radius 1 is 1.24 bits per heavy atom. The van der Waals surface area contributed by atoms with E-state index in [0.29, 0.717) is 21.8 Å². The summed E-state index contributed by atoms with van der Waals surface area (Å²) >= 11 is 2.03. The number of carbonyl (C=O) groups excluding carboxylic acids is 2. The van der Waals surface area contributed by atoms with Crippen molar-refractivity contribution >= 4 is 46.2 Å². The Hall–Kier alpha value is -2.29. The third-order valence-corrected chi connectivity index (χ3v) is 3.65. The molecule has 0 fully saturated rings. The molecule has 0 bridgehead atoms. The Bertz CT molecular complexity index is 751. The quantitative estimate of drug-likeness (QED) is 0.390. The van der Waals surface area contributed by atoms with Crippen LogP contribution in [0, 0.1) is 3.77 Å². The highest BCUT2D eigenvalue weighted by Crippen LogP contribution is 2.16. The highest BCUT2D eigenvalue weighted by atomic mass is 127. The molecule has 0 aliphatic rings. The fourth-order valence-electron chi connectivity index (χ4n) is 1.88. The van der Waals surface area contributed by atoms with E-state index < -0.39 is 18.0 Å². The van der Waals surface area contributed by atoms with Gasteiger partial charge >= 0.3 is 5.97 Å². The summed E-state index contributed by atoms with van der Waals surface area (Å²) in [6.07, 6.45) is 1.78. The van der Waals surface area contributed by atoms with Crippen molar-refractivity contribution in [3.8, 4) is 5.75 Å². The van der Waals surface area contributed by atoms with Crippen molar-refractivity contribution < 1.29 is 23.5 Å². The van der Waals surface area contributed by atoms with E-state index in [2.05, 4.69) is 5.32 Å². The van der Waals surface area contributed by atoms with Gasteiger partial charge in [0.2, 0.25) is 0 Å². The molecule has 1 aromatic heterocycles. The molecule has 25 heavy (non-hydrogen) atoms. The van der Waals surface area contributed by atoms with Gasteiger partial charge in [0.25, 0.3) is 5.91 Å². The summed E-state index contributed by atoms with van der Waals surface area (Å²) in [7, 11) is 0. The molecule has 6 nitrogen and oxygen atoms in total. The number of halogens is 1. The highest BCUT2D eigenvalue weighted by molar-refractivity contribution is 14.1. The second kappa shape index (κ2) is 9.26. The molecule has 2 aromatic rings. The second-order valence-electron chi connectivity index (χ2n) is 5.00. The second-order valence-corrected chi connectivity index (χ2v) is 6.06. The Labute approximate surface area is 159 Å². The molecule has 7 heteroatoms. The molecule has 0 aliphatic heterocycles. The van der Waals surface area contributed by atoms with E-state index >= 15 is 0 Å². The van der Waals surface area contributed by atoms with Gasteiger partial charge in [0, 0.05) is 11.8 Å². The van der Waals surface area contributed by atoms with Crippen molar-refractivity contribution in [3.05, 3.63) is 52.0 Å². The molecule has 0 saturated heterocycles. The molecule has 0 radical (unpaired) electrons. The predicted molar refractivity (Wildman–Crippen MR) is 102 cm³/mol. The molecule has 132 valence electrons. The van der Waals surface area contributed by atoms with Crippen LogP contribution in [0.4, 0.5) is 5.69 Å². The number of benzene rings is 1. The van der Waals surface area contributed by atoms with Crippen molar-refractivity contribution in [2.24, 2.45) is 0 Å². The lowest BCUT2D eigenvalue weighted by molar-refractivity contribution is -0.148. The van der Waals surface area contributed by atoms with Crippen molar-refractivity contribution in [3.63, 3.8) is 0 Å². The zero-order chi connectivity index (χ0) is 18.2. The van der Waals surface area contributed by atoms with E-state index in [1.807, 2.05) is 29.5 Å². The lowest BCUT2D eigenvalue weighted by Gasteiger charge is -2.12. The Morgan fingerprint density at radius 2 is 1.96 bits per heavy atom. The summed E-state index contributed by atoms with van der Waals surface area (Å²) in [6, 6.07) is 10.4. The minimum absolute atomic E-state index is 0.418. The fourth-order valence-corrected chi connectivity index (χ4v) is 2.31. The third kappa shape index (κ3) is 6.26. The van der Waals surface area contributed by atoms with Gasteiger partial charge in [-0.3, -0.25) is 4.79 Å². The molecule has 1 aromatic carbocycles. The third-order valence-electron chi connectivity index (χ3n) is 3.07. The molecule has 0 spiro atoms. The molecule has 0 aliphatic carbocycles. The van der Waals surface area contributed by atoms with Gasteiger partial charge in [0.1, 0.15) is 11.5 Å². The summed E-state index contributed by atoms with van der Waals surface area (Å²) in [5.41, 5.74) is 0.594. The lowest BCUT2D eigenvalue weighted by Crippen LogP contribution is -2.29. The van der Waals surface area contributed by atoms with Crippen LogP contribution >= 0.6 is 22.6 Å². The van der Waals surface area contributed by atoms with Crippen LogP contribution in [-0.2, 0) is 14.3 Å². The SMILES string of the molecule is CCOc1ccc(NC(=O)C(C)OC(=O)/C=C/c2ccc(I)o2)cc1. The van der Waals surface area contributed by atoms with E-state index in [-0.39, 0.29) is 0 Å². The van der Waals surface area contributed by atoms with Gasteiger partial charge in [-0.05, 0) is 78.9 Å². The van der Waals surface area contributed by atoms with Crippen molar-refractivity contribution in [2.75, 3.05) is 11.9 Å². The Morgan fingerprint density at radius 3 is 2.56 bits per heavy atom. The van der Waals surface area contributed by atoms with Crippen LogP contribution in [0.3, 0.4) is 0 Å². The predicted octanol–water partition coefficient (Wildman–Crippen LogP) is 3.87. The van der Waals surface area contributed by atoms with Gasteiger partial charge in [0.05, 0.1) is 6.61 Å². The number of ether oxygens (including phenoxy) is 2. The highest BCUT2D eigenvalue weighted by Gasteiger charge is 2.16.